The number of nitrogens with zero attached hydrogens (tertiary/aromatic N) is 1. The van der Waals surface area contributed by atoms with Gasteiger partial charge in [-0.2, -0.15) is 0 Å². The summed E-state index contributed by atoms with van der Waals surface area (Å²) in [6, 6.07) is 2.35. The third kappa shape index (κ3) is 5.47. The number of hydrogen-bond acceptors (Lipinski definition) is 5. The maximum Gasteiger partial charge on any atom is 0.290 e. The van der Waals surface area contributed by atoms with Gasteiger partial charge in [0.15, 0.2) is 0 Å². The molecule has 1 rings (SSSR count). The Bertz CT molecular complexity index is 525. The number of carbonyl (C=O) groups is 1. The van der Waals surface area contributed by atoms with Crippen molar-refractivity contribution in [2.24, 2.45) is 0 Å². The molecule has 1 N–H and O–H groups in total. The summed E-state index contributed by atoms with van der Waals surface area (Å²) in [5, 5.41) is 13.1. The van der Waals surface area contributed by atoms with Crippen molar-refractivity contribution in [2.75, 3.05) is 33.5 Å². The van der Waals surface area contributed by atoms with E-state index in [4.69, 9.17) is 32.7 Å². The molecule has 0 unspecified atom stereocenters. The van der Waals surface area contributed by atoms with Crippen LogP contribution < -0.4 is 5.32 Å². The quantitative estimate of drug-likeness (QED) is 0.446. The molecule has 0 bridgehead atoms. The van der Waals surface area contributed by atoms with Crippen LogP contribution in [0.2, 0.25) is 10.0 Å². The number of ether oxygens (including phenoxy) is 2. The number of halogens is 2. The molecule has 0 saturated heterocycles. The highest BCUT2D eigenvalue weighted by Crippen LogP contribution is 2.32. The van der Waals surface area contributed by atoms with Crippen LogP contribution in [0, 0.1) is 10.1 Å². The molecule has 9 heteroatoms. The molecular formula is C12H14Cl2N2O5. The van der Waals surface area contributed by atoms with Gasteiger partial charge in [0.2, 0.25) is 0 Å². The number of rotatable bonds is 8. The fourth-order valence-corrected chi connectivity index (χ4v) is 1.81. The summed E-state index contributed by atoms with van der Waals surface area (Å²) in [4.78, 5) is 22.0. The molecule has 0 radical (unpaired) electrons. The van der Waals surface area contributed by atoms with E-state index in [9.17, 15) is 14.9 Å². The minimum absolute atomic E-state index is 0.0487. The lowest BCUT2D eigenvalue weighted by Crippen LogP contribution is -2.27. The second kappa shape index (κ2) is 8.78. The number of hydrogen-bond donors (Lipinski definition) is 1. The number of carbonyl (C=O) groups excluding carboxylic acids is 1. The third-order valence-electron chi connectivity index (χ3n) is 2.43. The molecule has 116 valence electrons. The predicted molar refractivity (Wildman–Crippen MR) is 78.1 cm³/mol. The zero-order valence-corrected chi connectivity index (χ0v) is 12.7. The largest absolute Gasteiger partial charge is 0.382 e. The van der Waals surface area contributed by atoms with Crippen LogP contribution >= 0.6 is 23.2 Å². The van der Waals surface area contributed by atoms with Crippen molar-refractivity contribution >= 4 is 34.8 Å². The highest BCUT2D eigenvalue weighted by Gasteiger charge is 2.19. The van der Waals surface area contributed by atoms with Gasteiger partial charge in [0.05, 0.1) is 29.8 Å². The second-order valence-electron chi connectivity index (χ2n) is 3.91. The van der Waals surface area contributed by atoms with Crippen LogP contribution in [0.1, 0.15) is 10.4 Å². The summed E-state index contributed by atoms with van der Waals surface area (Å²) in [6.45, 7) is 1.45. The van der Waals surface area contributed by atoms with Crippen molar-refractivity contribution in [3.8, 4) is 0 Å². The van der Waals surface area contributed by atoms with E-state index in [2.05, 4.69) is 5.32 Å². The molecule has 0 aliphatic carbocycles. The molecule has 0 saturated carbocycles. The molecule has 7 nitrogen and oxygen atoms in total. The van der Waals surface area contributed by atoms with Crippen LogP contribution in [0.15, 0.2) is 12.1 Å². The predicted octanol–water partition coefficient (Wildman–Crippen LogP) is 2.29. The van der Waals surface area contributed by atoms with Gasteiger partial charge < -0.3 is 14.8 Å². The van der Waals surface area contributed by atoms with Crippen molar-refractivity contribution in [3.05, 3.63) is 37.9 Å². The van der Waals surface area contributed by atoms with Crippen LogP contribution in [0.5, 0.6) is 0 Å². The molecule has 0 heterocycles. The van der Waals surface area contributed by atoms with E-state index in [1.807, 2.05) is 0 Å². The first kappa shape index (κ1) is 17.6. The molecular weight excluding hydrogens is 323 g/mol. The standard InChI is InChI=1S/C12H14Cl2N2O5/c1-20-4-5-21-3-2-15-12(17)8-6-9(13)11(14)10(7-8)16(18)19/h6-7H,2-5H2,1H3,(H,15,17). The van der Waals surface area contributed by atoms with Crippen LogP contribution in [-0.2, 0) is 9.47 Å². The topological polar surface area (TPSA) is 90.7 Å². The highest BCUT2D eigenvalue weighted by molar-refractivity contribution is 6.43. The number of methoxy groups -OCH3 is 1. The second-order valence-corrected chi connectivity index (χ2v) is 4.69. The summed E-state index contributed by atoms with van der Waals surface area (Å²) >= 11 is 11.5. The average Bonchev–Trinajstić information content (AvgIpc) is 2.44. The lowest BCUT2D eigenvalue weighted by Gasteiger charge is -2.07. The summed E-state index contributed by atoms with van der Waals surface area (Å²) in [6.07, 6.45) is 0. The minimum Gasteiger partial charge on any atom is -0.382 e. The van der Waals surface area contributed by atoms with Gasteiger partial charge in [-0.15, -0.1) is 0 Å². The molecule has 0 aliphatic rings. The number of nitro groups is 1. The lowest BCUT2D eigenvalue weighted by molar-refractivity contribution is -0.384. The Hall–Kier alpha value is -1.41. The summed E-state index contributed by atoms with van der Waals surface area (Å²) in [5.74, 6) is -0.494. The van der Waals surface area contributed by atoms with Gasteiger partial charge in [0.25, 0.3) is 11.6 Å². The maximum atomic E-state index is 11.9. The van der Waals surface area contributed by atoms with Crippen molar-refractivity contribution < 1.29 is 19.2 Å². The van der Waals surface area contributed by atoms with Gasteiger partial charge in [0, 0.05) is 25.3 Å². The van der Waals surface area contributed by atoms with Crippen molar-refractivity contribution in [2.45, 2.75) is 0 Å². The number of nitrogens with one attached hydrogen (secondary N) is 1. The fraction of sp³-hybridized carbons (Fsp3) is 0.417. The summed E-state index contributed by atoms with van der Waals surface area (Å²) < 4.78 is 9.97. The van der Waals surface area contributed by atoms with E-state index in [0.717, 1.165) is 6.07 Å². The Labute approximate surface area is 131 Å². The lowest BCUT2D eigenvalue weighted by atomic mass is 10.2. The Balaban J connectivity index is 2.60. The van der Waals surface area contributed by atoms with E-state index in [-0.39, 0.29) is 22.2 Å². The zero-order valence-electron chi connectivity index (χ0n) is 11.2. The monoisotopic (exact) mass is 336 g/mol. The maximum absolute atomic E-state index is 11.9. The molecule has 0 atom stereocenters. The highest BCUT2D eigenvalue weighted by atomic mass is 35.5. The molecule has 0 spiro atoms. The van der Waals surface area contributed by atoms with Crippen molar-refractivity contribution in [1.82, 2.24) is 5.32 Å². The number of benzene rings is 1. The molecule has 1 amide bonds. The van der Waals surface area contributed by atoms with Crippen LogP contribution in [0.3, 0.4) is 0 Å². The molecule has 0 aromatic heterocycles. The van der Waals surface area contributed by atoms with Gasteiger partial charge in [-0.1, -0.05) is 23.2 Å². The molecule has 1 aromatic carbocycles. The Kier molecular flexibility index (Phi) is 7.38. The van der Waals surface area contributed by atoms with Gasteiger partial charge in [0.1, 0.15) is 5.02 Å². The van der Waals surface area contributed by atoms with Crippen molar-refractivity contribution in [1.29, 1.82) is 0 Å². The van der Waals surface area contributed by atoms with Gasteiger partial charge in [-0.25, -0.2) is 0 Å². The number of amides is 1. The number of nitro benzene ring substituents is 1. The molecule has 0 aliphatic heterocycles. The van der Waals surface area contributed by atoms with Crippen LogP contribution in [-0.4, -0.2) is 44.3 Å². The van der Waals surface area contributed by atoms with E-state index in [1.165, 1.54) is 6.07 Å². The first-order chi connectivity index (χ1) is 9.97. The Morgan fingerprint density at radius 1 is 1.33 bits per heavy atom. The SMILES string of the molecule is COCCOCCNC(=O)c1cc(Cl)c(Cl)c([N+](=O)[O-])c1. The molecule has 21 heavy (non-hydrogen) atoms. The van der Waals surface area contributed by atoms with E-state index in [0.29, 0.717) is 19.8 Å². The first-order valence-electron chi connectivity index (χ1n) is 5.95. The smallest absolute Gasteiger partial charge is 0.290 e. The van der Waals surface area contributed by atoms with E-state index in [1.54, 1.807) is 7.11 Å². The normalized spacial score (nSPS) is 10.4. The van der Waals surface area contributed by atoms with Gasteiger partial charge >= 0.3 is 0 Å². The van der Waals surface area contributed by atoms with Crippen molar-refractivity contribution in [3.63, 3.8) is 0 Å². The summed E-state index contributed by atoms with van der Waals surface area (Å²) in [7, 11) is 1.56. The Morgan fingerprint density at radius 2 is 2.05 bits per heavy atom. The van der Waals surface area contributed by atoms with Gasteiger partial charge in [-0.3, -0.25) is 14.9 Å². The summed E-state index contributed by atoms with van der Waals surface area (Å²) in [5.41, 5.74) is -0.348. The first-order valence-corrected chi connectivity index (χ1v) is 6.71. The average molecular weight is 337 g/mol. The van der Waals surface area contributed by atoms with Crippen LogP contribution in [0.25, 0.3) is 0 Å². The molecule has 0 fully saturated rings. The van der Waals surface area contributed by atoms with Crippen LogP contribution in [0.4, 0.5) is 5.69 Å². The minimum atomic E-state index is -0.696. The van der Waals surface area contributed by atoms with E-state index < -0.39 is 16.5 Å². The van der Waals surface area contributed by atoms with E-state index >= 15 is 0 Å². The van der Waals surface area contributed by atoms with Gasteiger partial charge in [-0.05, 0) is 6.07 Å². The fourth-order valence-electron chi connectivity index (χ4n) is 1.42. The Morgan fingerprint density at radius 3 is 2.67 bits per heavy atom. The molecule has 1 aromatic rings. The third-order valence-corrected chi connectivity index (χ3v) is 3.22. The zero-order chi connectivity index (χ0) is 15.8.